The van der Waals surface area contributed by atoms with Crippen molar-refractivity contribution >= 4 is 18.6 Å². The maximum atomic E-state index is 4.89. The fourth-order valence-corrected chi connectivity index (χ4v) is 0. The third kappa shape index (κ3) is 401. The summed E-state index contributed by atoms with van der Waals surface area (Å²) >= 11 is -0.556. The summed E-state index contributed by atoms with van der Waals surface area (Å²) in [6.07, 6.45) is 2.00. The molecule has 0 radical (unpaired) electrons. The molecule has 4 heteroatoms. The first kappa shape index (κ1) is 22.5. The van der Waals surface area contributed by atoms with Gasteiger partial charge in [0, 0.05) is 0 Å². The normalized spacial score (nSPS) is 5.00. The summed E-state index contributed by atoms with van der Waals surface area (Å²) in [6.45, 7) is 11.0. The van der Waals surface area contributed by atoms with Crippen molar-refractivity contribution in [3.63, 3.8) is 0 Å². The predicted molar refractivity (Wildman–Crippen MR) is 48.3 cm³/mol. The Morgan fingerprint density at radius 1 is 1.10 bits per heavy atom. The second-order valence-electron chi connectivity index (χ2n) is 1.07. The number of nitrogens with two attached hydrogens (primary N) is 1. The van der Waals surface area contributed by atoms with Gasteiger partial charge >= 0.3 is 35.6 Å². The molecule has 10 heavy (non-hydrogen) atoms. The van der Waals surface area contributed by atoms with E-state index in [0.29, 0.717) is 0 Å². The fraction of sp³-hybridized carbons (Fsp3) is 0.667. The quantitative estimate of drug-likeness (QED) is 0.424. The van der Waals surface area contributed by atoms with Crippen molar-refractivity contribution in [1.82, 2.24) is 0 Å². The molecule has 0 unspecified atom stereocenters. The molecule has 0 bridgehead atoms. The van der Waals surface area contributed by atoms with Crippen LogP contribution >= 0.6 is 18.6 Å². The number of rotatable bonds is 0. The SMILES string of the molecule is [CH2-]CC.[CH2-]CC.[Cl][Ti][Cl].[NH2-]. The minimum absolute atomic E-state index is 0. The second-order valence-corrected chi connectivity index (χ2v) is 3.65. The molecule has 0 aromatic heterocycles. The third-order valence-electron chi connectivity index (χ3n) is 0. The summed E-state index contributed by atoms with van der Waals surface area (Å²) in [4.78, 5) is 0. The van der Waals surface area contributed by atoms with Crippen LogP contribution in [0.2, 0.25) is 0 Å². The minimum atomic E-state index is -0.556. The molecule has 0 saturated carbocycles. The zero-order chi connectivity index (χ0) is 8.12. The van der Waals surface area contributed by atoms with Gasteiger partial charge in [0.15, 0.2) is 0 Å². The molecule has 66 valence electrons. The zero-order valence-electron chi connectivity index (χ0n) is 6.66. The smallest absolute Gasteiger partial charge is 0.693 e. The van der Waals surface area contributed by atoms with E-state index in [-0.39, 0.29) is 6.15 Å². The Hall–Kier alpha value is 1.25. The predicted octanol–water partition coefficient (Wildman–Crippen LogP) is 4.55. The van der Waals surface area contributed by atoms with Crippen molar-refractivity contribution in [2.24, 2.45) is 0 Å². The first-order chi connectivity index (χ1) is 4.24. The molecule has 0 heterocycles. The standard InChI is InChI=1S/2C3H7.2ClH.H2N.Ti/c2*1-3-2;;;;/h2*1,3H2,2H3;2*1H;1H2;/q2*-1;;;-1;+2/p-2. The van der Waals surface area contributed by atoms with Crippen molar-refractivity contribution in [3.8, 4) is 0 Å². The molecule has 2 N–H and O–H groups in total. The monoisotopic (exact) mass is 220 g/mol. The Balaban J connectivity index is -0.0000000257. The van der Waals surface area contributed by atoms with Gasteiger partial charge in [-0.15, -0.1) is 0 Å². The van der Waals surface area contributed by atoms with Crippen molar-refractivity contribution in [2.75, 3.05) is 0 Å². The molecule has 0 fully saturated rings. The second kappa shape index (κ2) is 48.5. The maximum Gasteiger partial charge on any atom is -0.693 e. The van der Waals surface area contributed by atoms with E-state index in [4.69, 9.17) is 18.6 Å². The van der Waals surface area contributed by atoms with Crippen LogP contribution in [0.5, 0.6) is 0 Å². The van der Waals surface area contributed by atoms with Gasteiger partial charge in [-0.1, -0.05) is 13.8 Å². The van der Waals surface area contributed by atoms with E-state index in [2.05, 4.69) is 13.8 Å². The molecule has 0 atom stereocenters. The van der Waals surface area contributed by atoms with Crippen LogP contribution in [0.25, 0.3) is 6.15 Å². The number of hydrogen-bond acceptors (Lipinski definition) is 0. The molecule has 0 aliphatic carbocycles. The average Bonchev–Trinajstić information content (AvgIpc) is 1.70. The van der Waals surface area contributed by atoms with Gasteiger partial charge < -0.3 is 20.0 Å². The average molecular weight is 221 g/mol. The van der Waals surface area contributed by atoms with Gasteiger partial charge in [0.25, 0.3) is 0 Å². The molecule has 0 rings (SSSR count). The van der Waals surface area contributed by atoms with E-state index in [1.54, 1.807) is 0 Å². The Morgan fingerprint density at radius 2 is 1.10 bits per heavy atom. The Morgan fingerprint density at radius 3 is 1.10 bits per heavy atom. The van der Waals surface area contributed by atoms with Crippen LogP contribution in [-0.2, 0) is 17.0 Å². The Kier molecular flexibility index (Phi) is 109. The van der Waals surface area contributed by atoms with E-state index in [1.165, 1.54) is 0 Å². The van der Waals surface area contributed by atoms with Gasteiger partial charge in [-0.05, 0) is 0 Å². The maximum absolute atomic E-state index is 4.89. The Labute approximate surface area is 82.1 Å². The van der Waals surface area contributed by atoms with Crippen LogP contribution in [0.4, 0.5) is 0 Å². The van der Waals surface area contributed by atoms with Crippen molar-refractivity contribution in [2.45, 2.75) is 26.7 Å². The van der Waals surface area contributed by atoms with Gasteiger partial charge in [0.1, 0.15) is 0 Å². The third-order valence-corrected chi connectivity index (χ3v) is 0. The van der Waals surface area contributed by atoms with Gasteiger partial charge in [0.05, 0.1) is 0 Å². The molecule has 0 saturated heterocycles. The van der Waals surface area contributed by atoms with E-state index in [1.807, 2.05) is 13.8 Å². The molecule has 0 spiro atoms. The summed E-state index contributed by atoms with van der Waals surface area (Å²) in [5.41, 5.74) is 0. The molecule has 1 nitrogen and oxygen atoms in total. The van der Waals surface area contributed by atoms with Gasteiger partial charge in [-0.25, -0.2) is 0 Å². The summed E-state index contributed by atoms with van der Waals surface area (Å²) < 4.78 is 0. The molecule has 0 aliphatic heterocycles. The topological polar surface area (TPSA) is 33.5 Å². The summed E-state index contributed by atoms with van der Waals surface area (Å²) in [5, 5.41) is 0. The van der Waals surface area contributed by atoms with E-state index in [9.17, 15) is 0 Å². The Bertz CT molecular complexity index is 20.5. The molecule has 0 aromatic carbocycles. The molecule has 0 aliphatic rings. The van der Waals surface area contributed by atoms with Crippen molar-refractivity contribution in [3.05, 3.63) is 20.0 Å². The van der Waals surface area contributed by atoms with Crippen molar-refractivity contribution < 1.29 is 17.0 Å². The van der Waals surface area contributed by atoms with Gasteiger partial charge in [-0.3, -0.25) is 0 Å². The largest absolute Gasteiger partial charge is 0.693 e. The number of halogens is 2. The summed E-state index contributed by atoms with van der Waals surface area (Å²) in [6, 6.07) is 0. The first-order valence-electron chi connectivity index (χ1n) is 2.79. The van der Waals surface area contributed by atoms with Crippen LogP contribution in [-0.4, -0.2) is 0 Å². The van der Waals surface area contributed by atoms with E-state index in [0.717, 1.165) is 12.8 Å². The van der Waals surface area contributed by atoms with Gasteiger partial charge in [-0.2, -0.15) is 12.8 Å². The molecule has 0 aromatic rings. The van der Waals surface area contributed by atoms with Crippen LogP contribution in [0.15, 0.2) is 0 Å². The van der Waals surface area contributed by atoms with Crippen LogP contribution in [0.1, 0.15) is 26.7 Å². The molecule has 0 amide bonds. The zero-order valence-corrected chi connectivity index (χ0v) is 9.74. The molecular formula is C6H16Cl2NTi-3. The van der Waals surface area contributed by atoms with Crippen LogP contribution in [0, 0.1) is 13.8 Å². The van der Waals surface area contributed by atoms with E-state index < -0.39 is 17.0 Å². The number of hydrogen-bond donors (Lipinski definition) is 0. The van der Waals surface area contributed by atoms with E-state index >= 15 is 0 Å². The first-order valence-corrected chi connectivity index (χ1v) is 7.09. The molecular weight excluding hydrogens is 205 g/mol. The minimum Gasteiger partial charge on any atom is -0.693 e. The summed E-state index contributed by atoms with van der Waals surface area (Å²) in [5.74, 6) is 0. The van der Waals surface area contributed by atoms with Crippen molar-refractivity contribution in [1.29, 1.82) is 0 Å². The van der Waals surface area contributed by atoms with Gasteiger partial charge in [0.2, 0.25) is 0 Å². The van der Waals surface area contributed by atoms with Crippen LogP contribution in [0.3, 0.4) is 0 Å². The fourth-order valence-electron chi connectivity index (χ4n) is 0. The van der Waals surface area contributed by atoms with Crippen LogP contribution < -0.4 is 0 Å². The summed E-state index contributed by atoms with van der Waals surface area (Å²) in [7, 11) is 9.78.